The van der Waals surface area contributed by atoms with Gasteiger partial charge < -0.3 is 4.52 Å². The zero-order valence-electron chi connectivity index (χ0n) is 7.43. The van der Waals surface area contributed by atoms with Crippen LogP contribution >= 0.6 is 15.9 Å². The number of nitrogens with one attached hydrogen (secondary N) is 1. The molecular weight excluding hydrogens is 234 g/mol. The molecule has 1 heterocycles. The van der Waals surface area contributed by atoms with Gasteiger partial charge in [-0.15, -0.1) is 0 Å². The highest BCUT2D eigenvalue weighted by Crippen LogP contribution is 2.15. The van der Waals surface area contributed by atoms with Gasteiger partial charge in [-0.2, -0.15) is 5.16 Å². The van der Waals surface area contributed by atoms with E-state index in [1.54, 1.807) is 18.2 Å². The van der Waals surface area contributed by atoms with Crippen molar-refractivity contribution in [3.8, 4) is 0 Å². The van der Waals surface area contributed by atoms with Crippen LogP contribution in [-0.4, -0.2) is 5.16 Å². The third-order valence-corrected chi connectivity index (χ3v) is 1.94. The molecule has 0 unspecified atom stereocenters. The van der Waals surface area contributed by atoms with Crippen molar-refractivity contribution in [2.75, 3.05) is 0 Å². The largest absolute Gasteiger partial charge is 0.378 e. The molecule has 3 nitrogen and oxygen atoms in total. The molecule has 0 aliphatic rings. The molecule has 0 atom stereocenters. The van der Waals surface area contributed by atoms with Gasteiger partial charge in [0.2, 0.25) is 0 Å². The fourth-order valence-corrected chi connectivity index (χ4v) is 1.26. The maximum absolute atomic E-state index is 10.9. The molecule has 13 heavy (non-hydrogen) atoms. The Hall–Kier alpha value is -1.03. The summed E-state index contributed by atoms with van der Waals surface area (Å²) >= 11 is 3.27. The predicted octanol–water partition coefficient (Wildman–Crippen LogP) is 2.91. The van der Waals surface area contributed by atoms with Gasteiger partial charge in [0.05, 0.1) is 5.39 Å². The first-order valence-electron chi connectivity index (χ1n) is 4.04. The number of halogens is 1. The molecule has 4 heteroatoms. The Bertz CT molecular complexity index is 444. The van der Waals surface area contributed by atoms with Crippen molar-refractivity contribution in [1.82, 2.24) is 5.16 Å². The van der Waals surface area contributed by atoms with Crippen molar-refractivity contribution in [3.05, 3.63) is 33.0 Å². The summed E-state index contributed by atoms with van der Waals surface area (Å²) in [6, 6.07) is 5.25. The van der Waals surface area contributed by atoms with Gasteiger partial charge in [-0.05, 0) is 18.2 Å². The lowest BCUT2D eigenvalue weighted by molar-refractivity contribution is 0.449. The Morgan fingerprint density at radius 3 is 2.77 bits per heavy atom. The maximum atomic E-state index is 10.9. The summed E-state index contributed by atoms with van der Waals surface area (Å²) < 4.78 is 5.76. The van der Waals surface area contributed by atoms with Crippen LogP contribution in [0.2, 0.25) is 0 Å². The molecule has 0 aliphatic heterocycles. The number of rotatable bonds is 0. The van der Waals surface area contributed by atoms with Crippen LogP contribution in [0.5, 0.6) is 0 Å². The number of aromatic amines is 1. The van der Waals surface area contributed by atoms with E-state index in [9.17, 15) is 4.79 Å². The molecule has 0 aliphatic carbocycles. The van der Waals surface area contributed by atoms with Crippen LogP contribution in [0.4, 0.5) is 0 Å². The van der Waals surface area contributed by atoms with Crippen LogP contribution in [0.3, 0.4) is 0 Å². The zero-order valence-corrected chi connectivity index (χ0v) is 9.01. The van der Waals surface area contributed by atoms with Gasteiger partial charge in [0.15, 0.2) is 5.58 Å². The van der Waals surface area contributed by atoms with E-state index in [0.717, 1.165) is 4.47 Å². The summed E-state index contributed by atoms with van der Waals surface area (Å²) in [5.74, 6) is 0. The molecule has 1 N–H and O–H groups in total. The monoisotopic (exact) mass is 243 g/mol. The zero-order chi connectivity index (χ0) is 9.84. The average Bonchev–Trinajstić information content (AvgIpc) is 2.51. The fraction of sp³-hybridized carbons (Fsp3) is 0.222. The molecule has 0 bridgehead atoms. The van der Waals surface area contributed by atoms with Crippen LogP contribution in [0.15, 0.2) is 32.0 Å². The minimum Gasteiger partial charge on any atom is -0.378 e. The summed E-state index contributed by atoms with van der Waals surface area (Å²) in [4.78, 5) is 10.9. The lowest BCUT2D eigenvalue weighted by atomic mass is 10.3. The van der Waals surface area contributed by atoms with E-state index in [-0.39, 0.29) is 5.56 Å². The minimum atomic E-state index is -0.187. The number of hydrogen-bond donors (Lipinski definition) is 1. The van der Waals surface area contributed by atoms with E-state index in [4.69, 9.17) is 4.52 Å². The van der Waals surface area contributed by atoms with Crippen molar-refractivity contribution in [2.24, 2.45) is 0 Å². The Labute approximate surface area is 83.8 Å². The van der Waals surface area contributed by atoms with Crippen LogP contribution in [-0.2, 0) is 0 Å². The van der Waals surface area contributed by atoms with E-state index in [0.29, 0.717) is 11.0 Å². The van der Waals surface area contributed by atoms with Crippen molar-refractivity contribution in [3.63, 3.8) is 0 Å². The maximum Gasteiger partial charge on any atom is 0.287 e. The van der Waals surface area contributed by atoms with Crippen LogP contribution < -0.4 is 5.56 Å². The van der Waals surface area contributed by atoms with Crippen LogP contribution in [0.1, 0.15) is 13.8 Å². The first-order valence-corrected chi connectivity index (χ1v) is 4.83. The Balaban J connectivity index is 0.000000396. The third-order valence-electron chi connectivity index (χ3n) is 1.44. The summed E-state index contributed by atoms with van der Waals surface area (Å²) in [6.07, 6.45) is 0. The molecule has 0 spiro atoms. The molecule has 70 valence electrons. The molecule has 0 saturated carbocycles. The van der Waals surface area contributed by atoms with Gasteiger partial charge in [-0.3, -0.25) is 4.79 Å². The molecule has 0 amide bonds. The van der Waals surface area contributed by atoms with Crippen LogP contribution in [0, 0.1) is 0 Å². The van der Waals surface area contributed by atoms with Gasteiger partial charge in [-0.25, -0.2) is 0 Å². The van der Waals surface area contributed by atoms with E-state index < -0.39 is 0 Å². The Morgan fingerprint density at radius 1 is 1.38 bits per heavy atom. The van der Waals surface area contributed by atoms with E-state index in [1.807, 2.05) is 13.8 Å². The quantitative estimate of drug-likeness (QED) is 0.774. The first-order chi connectivity index (χ1) is 6.27. The van der Waals surface area contributed by atoms with Gasteiger partial charge in [-0.1, -0.05) is 29.8 Å². The van der Waals surface area contributed by atoms with E-state index in [2.05, 4.69) is 21.1 Å². The van der Waals surface area contributed by atoms with Crippen LogP contribution in [0.25, 0.3) is 11.0 Å². The topological polar surface area (TPSA) is 46.0 Å². The number of H-pyrrole nitrogens is 1. The minimum absolute atomic E-state index is 0.187. The summed E-state index contributed by atoms with van der Waals surface area (Å²) in [6.45, 7) is 4.00. The lowest BCUT2D eigenvalue weighted by Gasteiger charge is -1.85. The smallest absolute Gasteiger partial charge is 0.287 e. The summed E-state index contributed by atoms with van der Waals surface area (Å²) in [5, 5.41) is 2.83. The molecular formula is C9H10BrNO2. The standard InChI is InChI=1S/C7H4BrNO2.C2H6/c8-4-1-2-5-6(3-4)11-9-7(5)10;1-2/h1-3H,(H,9,10);1-2H3. The number of aromatic nitrogens is 1. The average molecular weight is 244 g/mol. The molecule has 1 aromatic carbocycles. The second-order valence-electron chi connectivity index (χ2n) is 2.17. The van der Waals surface area contributed by atoms with Crippen molar-refractivity contribution < 1.29 is 4.52 Å². The van der Waals surface area contributed by atoms with Crippen molar-refractivity contribution in [1.29, 1.82) is 0 Å². The van der Waals surface area contributed by atoms with Crippen molar-refractivity contribution in [2.45, 2.75) is 13.8 Å². The van der Waals surface area contributed by atoms with Gasteiger partial charge in [0, 0.05) is 4.47 Å². The highest BCUT2D eigenvalue weighted by atomic mass is 79.9. The number of hydrogen-bond acceptors (Lipinski definition) is 2. The van der Waals surface area contributed by atoms with E-state index in [1.165, 1.54) is 0 Å². The van der Waals surface area contributed by atoms with Gasteiger partial charge in [0.1, 0.15) is 0 Å². The fourth-order valence-electron chi connectivity index (χ4n) is 0.925. The normalized spacial score (nSPS) is 9.46. The number of benzene rings is 1. The molecule has 0 saturated heterocycles. The third kappa shape index (κ3) is 2.01. The molecule has 0 radical (unpaired) electrons. The Morgan fingerprint density at radius 2 is 2.08 bits per heavy atom. The Kier molecular flexibility index (Phi) is 3.31. The molecule has 2 rings (SSSR count). The highest BCUT2D eigenvalue weighted by molar-refractivity contribution is 9.10. The lowest BCUT2D eigenvalue weighted by Crippen LogP contribution is -1.95. The molecule has 2 aromatic rings. The predicted molar refractivity (Wildman–Crippen MR) is 55.9 cm³/mol. The molecule has 0 fully saturated rings. The SMILES string of the molecule is CC.O=c1[nH]oc2cc(Br)ccc12. The first kappa shape index (κ1) is 10.1. The summed E-state index contributed by atoms with van der Waals surface area (Å²) in [5.41, 5.74) is 0.386. The second kappa shape index (κ2) is 4.28. The second-order valence-corrected chi connectivity index (χ2v) is 3.09. The molecule has 1 aromatic heterocycles. The van der Waals surface area contributed by atoms with E-state index >= 15 is 0 Å². The van der Waals surface area contributed by atoms with Gasteiger partial charge >= 0.3 is 0 Å². The highest BCUT2D eigenvalue weighted by Gasteiger charge is 2.01. The van der Waals surface area contributed by atoms with Crippen molar-refractivity contribution >= 4 is 26.9 Å². The number of fused-ring (bicyclic) bond motifs is 1. The van der Waals surface area contributed by atoms with Gasteiger partial charge in [0.25, 0.3) is 5.56 Å². The summed E-state index contributed by atoms with van der Waals surface area (Å²) in [7, 11) is 0.